The molecule has 0 N–H and O–H groups in total. The summed E-state index contributed by atoms with van der Waals surface area (Å²) in [6.07, 6.45) is 5.49. The van der Waals surface area contributed by atoms with E-state index in [2.05, 4.69) is 46.1 Å². The molecule has 0 aromatic heterocycles. The fourth-order valence-electron chi connectivity index (χ4n) is 5.22. The molecule has 0 spiro atoms. The maximum atomic E-state index is 12.9. The van der Waals surface area contributed by atoms with Crippen LogP contribution >= 0.6 is 15.9 Å². The van der Waals surface area contributed by atoms with Gasteiger partial charge in [-0.15, -0.1) is 0 Å². The molecule has 184 valence electrons. The van der Waals surface area contributed by atoms with Gasteiger partial charge in [0.2, 0.25) is 5.91 Å². The highest BCUT2D eigenvalue weighted by molar-refractivity contribution is 9.10. The molecular weight excluding hydrogens is 496 g/mol. The first kappa shape index (κ1) is 24.9. The van der Waals surface area contributed by atoms with Crippen LogP contribution in [0.4, 0.5) is 0 Å². The first-order chi connectivity index (χ1) is 16.4. The normalized spacial score (nSPS) is 17.8. The van der Waals surface area contributed by atoms with Crippen molar-refractivity contribution >= 4 is 21.8 Å². The third-order valence-electron chi connectivity index (χ3n) is 7.29. The SMILES string of the molecule is COc1cc2c(cc1Br)CCN(CCCN(C)C1CCc3cc(OC)c(OC)cc3C1)C(=O)C2. The lowest BCUT2D eigenvalue weighted by Crippen LogP contribution is -2.39. The molecule has 0 fully saturated rings. The first-order valence-corrected chi connectivity index (χ1v) is 12.8. The zero-order valence-electron chi connectivity index (χ0n) is 20.7. The first-order valence-electron chi connectivity index (χ1n) is 12.0. The second kappa shape index (κ2) is 11.0. The van der Waals surface area contributed by atoms with Gasteiger partial charge >= 0.3 is 0 Å². The van der Waals surface area contributed by atoms with Crippen molar-refractivity contribution in [3.63, 3.8) is 0 Å². The Morgan fingerprint density at radius 3 is 2.29 bits per heavy atom. The van der Waals surface area contributed by atoms with Gasteiger partial charge in [0.05, 0.1) is 32.2 Å². The summed E-state index contributed by atoms with van der Waals surface area (Å²) in [5.74, 6) is 2.60. The highest BCUT2D eigenvalue weighted by Gasteiger charge is 2.25. The third-order valence-corrected chi connectivity index (χ3v) is 7.91. The zero-order chi connectivity index (χ0) is 24.2. The summed E-state index contributed by atoms with van der Waals surface area (Å²) >= 11 is 3.57. The van der Waals surface area contributed by atoms with Gasteiger partial charge in [-0.25, -0.2) is 0 Å². The average molecular weight is 531 g/mol. The number of carbonyl (C=O) groups excluding carboxylic acids is 1. The number of amides is 1. The van der Waals surface area contributed by atoms with Gasteiger partial charge in [0.25, 0.3) is 0 Å². The molecule has 0 bridgehead atoms. The van der Waals surface area contributed by atoms with Crippen molar-refractivity contribution in [1.29, 1.82) is 0 Å². The number of aryl methyl sites for hydroxylation is 1. The van der Waals surface area contributed by atoms with Crippen LogP contribution in [-0.2, 0) is 30.5 Å². The van der Waals surface area contributed by atoms with Crippen molar-refractivity contribution in [2.45, 2.75) is 44.6 Å². The molecule has 1 unspecified atom stereocenters. The lowest BCUT2D eigenvalue weighted by atomic mass is 9.87. The molecule has 6 nitrogen and oxygen atoms in total. The van der Waals surface area contributed by atoms with Gasteiger partial charge in [-0.3, -0.25) is 4.79 Å². The number of likely N-dealkylation sites (N-methyl/N-ethyl adjacent to an activating group) is 1. The zero-order valence-corrected chi connectivity index (χ0v) is 22.2. The number of methoxy groups -OCH3 is 3. The summed E-state index contributed by atoms with van der Waals surface area (Å²) < 4.78 is 17.3. The summed E-state index contributed by atoms with van der Waals surface area (Å²) in [5, 5.41) is 0. The number of benzene rings is 2. The van der Waals surface area contributed by atoms with Crippen molar-refractivity contribution in [1.82, 2.24) is 9.80 Å². The quantitative estimate of drug-likeness (QED) is 0.509. The van der Waals surface area contributed by atoms with Crippen LogP contribution in [0.3, 0.4) is 0 Å². The molecule has 2 aromatic carbocycles. The Labute approximate surface area is 211 Å². The second-order valence-corrected chi connectivity index (χ2v) is 10.1. The summed E-state index contributed by atoms with van der Waals surface area (Å²) in [5.41, 5.74) is 5.02. The molecule has 4 rings (SSSR count). The van der Waals surface area contributed by atoms with E-state index in [9.17, 15) is 4.79 Å². The van der Waals surface area contributed by atoms with Gasteiger partial charge in [0.1, 0.15) is 5.75 Å². The van der Waals surface area contributed by atoms with Crippen molar-refractivity contribution < 1.29 is 19.0 Å². The maximum Gasteiger partial charge on any atom is 0.227 e. The van der Waals surface area contributed by atoms with Crippen LogP contribution in [0.15, 0.2) is 28.7 Å². The van der Waals surface area contributed by atoms with Crippen LogP contribution in [0.2, 0.25) is 0 Å². The molecule has 1 atom stereocenters. The topological polar surface area (TPSA) is 51.2 Å². The number of hydrogen-bond donors (Lipinski definition) is 0. The van der Waals surface area contributed by atoms with E-state index >= 15 is 0 Å². The van der Waals surface area contributed by atoms with E-state index in [0.717, 1.165) is 79.0 Å². The minimum Gasteiger partial charge on any atom is -0.496 e. The number of nitrogens with zero attached hydrogens (tertiary/aromatic N) is 2. The van der Waals surface area contributed by atoms with E-state index in [-0.39, 0.29) is 5.91 Å². The van der Waals surface area contributed by atoms with E-state index in [1.807, 2.05) is 11.0 Å². The van der Waals surface area contributed by atoms with Crippen LogP contribution in [0.1, 0.15) is 35.1 Å². The number of carbonyl (C=O) groups is 1. The van der Waals surface area contributed by atoms with Gasteiger partial charge in [0, 0.05) is 19.1 Å². The van der Waals surface area contributed by atoms with E-state index < -0.39 is 0 Å². The van der Waals surface area contributed by atoms with Crippen molar-refractivity contribution in [2.75, 3.05) is 48.0 Å². The molecule has 1 amide bonds. The van der Waals surface area contributed by atoms with Crippen molar-refractivity contribution in [3.05, 3.63) is 51.0 Å². The number of ether oxygens (including phenoxy) is 3. The van der Waals surface area contributed by atoms with Crippen molar-refractivity contribution in [2.24, 2.45) is 0 Å². The Balaban J connectivity index is 1.31. The van der Waals surface area contributed by atoms with Gasteiger partial charge in [0.15, 0.2) is 11.5 Å². The fourth-order valence-corrected chi connectivity index (χ4v) is 5.77. The molecule has 0 radical (unpaired) electrons. The standard InChI is InChI=1S/C27H35BrN2O4/c1-29(22-7-6-18-14-25(33-3)26(34-4)16-20(18)12-22)9-5-10-30-11-8-19-13-23(28)24(32-2)15-21(19)17-27(30)31/h13-16,22H,5-12,17H2,1-4H3. The molecule has 1 aliphatic heterocycles. The molecule has 2 aromatic rings. The monoisotopic (exact) mass is 530 g/mol. The highest BCUT2D eigenvalue weighted by Crippen LogP contribution is 2.35. The van der Waals surface area contributed by atoms with Gasteiger partial charge in [-0.05, 0) is 108 Å². The summed E-state index contributed by atoms with van der Waals surface area (Å²) in [7, 11) is 7.24. The van der Waals surface area contributed by atoms with Crippen LogP contribution in [0, 0.1) is 0 Å². The number of rotatable bonds is 8. The predicted molar refractivity (Wildman–Crippen MR) is 137 cm³/mol. The average Bonchev–Trinajstić information content (AvgIpc) is 2.99. The predicted octanol–water partition coefficient (Wildman–Crippen LogP) is 4.28. The molecule has 2 aliphatic rings. The van der Waals surface area contributed by atoms with Gasteiger partial charge in [-0.1, -0.05) is 0 Å². The molecule has 0 saturated carbocycles. The molecule has 1 heterocycles. The number of halogens is 1. The molecule has 7 heteroatoms. The lowest BCUT2D eigenvalue weighted by Gasteiger charge is -2.33. The summed E-state index contributed by atoms with van der Waals surface area (Å²) in [4.78, 5) is 17.4. The third kappa shape index (κ3) is 5.36. The molecule has 34 heavy (non-hydrogen) atoms. The fraction of sp³-hybridized carbons (Fsp3) is 0.519. The van der Waals surface area contributed by atoms with Crippen LogP contribution in [0.25, 0.3) is 0 Å². The van der Waals surface area contributed by atoms with E-state index in [0.29, 0.717) is 12.5 Å². The van der Waals surface area contributed by atoms with E-state index in [4.69, 9.17) is 14.2 Å². The molecule has 0 saturated heterocycles. The van der Waals surface area contributed by atoms with Gasteiger partial charge in [-0.2, -0.15) is 0 Å². The lowest BCUT2D eigenvalue weighted by molar-refractivity contribution is -0.130. The van der Waals surface area contributed by atoms with Gasteiger partial charge < -0.3 is 24.0 Å². The Morgan fingerprint density at radius 1 is 0.941 bits per heavy atom. The Kier molecular flexibility index (Phi) is 8.04. The molecule has 1 aliphatic carbocycles. The smallest absolute Gasteiger partial charge is 0.227 e. The van der Waals surface area contributed by atoms with Crippen molar-refractivity contribution in [3.8, 4) is 17.2 Å². The summed E-state index contributed by atoms with van der Waals surface area (Å²) in [6, 6.07) is 8.86. The highest BCUT2D eigenvalue weighted by atomic mass is 79.9. The second-order valence-electron chi connectivity index (χ2n) is 9.27. The Hall–Kier alpha value is -2.25. The van der Waals surface area contributed by atoms with Crippen LogP contribution in [0.5, 0.6) is 17.2 Å². The Bertz CT molecular complexity index is 1040. The van der Waals surface area contributed by atoms with E-state index in [1.54, 1.807) is 21.3 Å². The number of hydrogen-bond acceptors (Lipinski definition) is 5. The Morgan fingerprint density at radius 2 is 1.59 bits per heavy atom. The minimum atomic E-state index is 0.207. The van der Waals surface area contributed by atoms with E-state index in [1.165, 1.54) is 16.7 Å². The van der Waals surface area contributed by atoms with Crippen LogP contribution in [-0.4, -0.2) is 69.8 Å². The minimum absolute atomic E-state index is 0.207. The maximum absolute atomic E-state index is 12.9. The largest absolute Gasteiger partial charge is 0.496 e. The summed E-state index contributed by atoms with van der Waals surface area (Å²) in [6.45, 7) is 2.54. The number of fused-ring (bicyclic) bond motifs is 2. The molecular formula is C27H35BrN2O4. The van der Waals surface area contributed by atoms with Crippen LogP contribution < -0.4 is 14.2 Å².